The predicted octanol–water partition coefficient (Wildman–Crippen LogP) is 2.33. The summed E-state index contributed by atoms with van der Waals surface area (Å²) in [6.45, 7) is 0.462. The van der Waals surface area contributed by atoms with Crippen molar-refractivity contribution in [1.29, 1.82) is 0 Å². The molecule has 0 saturated heterocycles. The molecule has 1 aliphatic rings. The van der Waals surface area contributed by atoms with Crippen LogP contribution in [0, 0.1) is 0 Å². The molecule has 0 spiro atoms. The van der Waals surface area contributed by atoms with Crippen LogP contribution in [0.5, 0.6) is 0 Å². The van der Waals surface area contributed by atoms with Crippen molar-refractivity contribution >= 4 is 33.4 Å². The van der Waals surface area contributed by atoms with E-state index in [0.29, 0.717) is 17.9 Å². The highest BCUT2D eigenvalue weighted by molar-refractivity contribution is 7.85. The maximum atomic E-state index is 12.8. The number of nitrogens with zero attached hydrogens (tertiary/aromatic N) is 2. The first kappa shape index (κ1) is 13.2. The zero-order chi connectivity index (χ0) is 15.1. The van der Waals surface area contributed by atoms with Crippen molar-refractivity contribution in [2.45, 2.75) is 4.90 Å². The second-order valence-corrected chi connectivity index (χ2v) is 6.65. The number of rotatable bonds is 1. The van der Waals surface area contributed by atoms with Crippen molar-refractivity contribution in [1.82, 2.24) is 9.97 Å². The Balaban J connectivity index is 1.76. The van der Waals surface area contributed by atoms with Gasteiger partial charge in [-0.15, -0.1) is 0 Å². The summed E-state index contributed by atoms with van der Waals surface area (Å²) in [7, 11) is -1.03. The van der Waals surface area contributed by atoms with Crippen LogP contribution in [0.2, 0.25) is 0 Å². The van der Waals surface area contributed by atoms with E-state index in [1.54, 1.807) is 23.4 Å². The van der Waals surface area contributed by atoms with Crippen molar-refractivity contribution in [2.24, 2.45) is 0 Å². The Morgan fingerprint density at radius 1 is 1.23 bits per heavy atom. The summed E-state index contributed by atoms with van der Waals surface area (Å²) in [6.07, 6.45) is 1.61. The molecule has 2 aromatic carbocycles. The SMILES string of the molecule is O=C(c1ccc2nc[nH]c2c1)N1CCS(=O)c2ccccc21. The average molecular weight is 311 g/mol. The fraction of sp³-hybridized carbons (Fsp3) is 0.125. The Kier molecular flexibility index (Phi) is 3.04. The maximum Gasteiger partial charge on any atom is 0.258 e. The fourth-order valence-corrected chi connectivity index (χ4v) is 3.92. The van der Waals surface area contributed by atoms with Gasteiger partial charge in [-0.05, 0) is 30.3 Å². The number of benzene rings is 2. The van der Waals surface area contributed by atoms with Crippen LogP contribution < -0.4 is 4.90 Å². The minimum absolute atomic E-state index is 0.0827. The first-order valence-corrected chi connectivity index (χ1v) is 8.28. The molecule has 110 valence electrons. The molecule has 1 N–H and O–H groups in total. The quantitative estimate of drug-likeness (QED) is 0.750. The molecule has 1 unspecified atom stereocenters. The molecule has 5 nitrogen and oxygen atoms in total. The number of aromatic amines is 1. The number of carbonyl (C=O) groups is 1. The van der Waals surface area contributed by atoms with Crippen molar-refractivity contribution in [2.75, 3.05) is 17.2 Å². The summed E-state index contributed by atoms with van der Waals surface area (Å²) in [5.74, 6) is 0.385. The molecule has 2 heterocycles. The number of fused-ring (bicyclic) bond motifs is 2. The Labute approximate surface area is 129 Å². The smallest absolute Gasteiger partial charge is 0.258 e. The number of amides is 1. The molecule has 3 aromatic rings. The van der Waals surface area contributed by atoms with Gasteiger partial charge in [-0.2, -0.15) is 0 Å². The number of aromatic nitrogens is 2. The van der Waals surface area contributed by atoms with E-state index in [2.05, 4.69) is 9.97 Å². The molecule has 0 saturated carbocycles. The molecule has 4 rings (SSSR count). The van der Waals surface area contributed by atoms with Crippen LogP contribution in [-0.2, 0) is 10.8 Å². The van der Waals surface area contributed by atoms with Crippen LogP contribution in [-0.4, -0.2) is 32.4 Å². The number of carbonyl (C=O) groups excluding carboxylic acids is 1. The third-order valence-electron chi connectivity index (χ3n) is 3.81. The molecule has 0 radical (unpaired) electrons. The van der Waals surface area contributed by atoms with E-state index in [9.17, 15) is 9.00 Å². The number of hydrogen-bond donors (Lipinski definition) is 1. The number of H-pyrrole nitrogens is 1. The number of imidazole rings is 1. The van der Waals surface area contributed by atoms with Gasteiger partial charge in [-0.1, -0.05) is 12.1 Å². The molecular formula is C16H13N3O2S. The van der Waals surface area contributed by atoms with Gasteiger partial charge in [-0.25, -0.2) is 4.98 Å². The van der Waals surface area contributed by atoms with E-state index in [0.717, 1.165) is 21.6 Å². The van der Waals surface area contributed by atoms with E-state index in [4.69, 9.17) is 0 Å². The largest absolute Gasteiger partial charge is 0.345 e. The molecular weight excluding hydrogens is 298 g/mol. The summed E-state index contributed by atoms with van der Waals surface area (Å²) < 4.78 is 12.1. The van der Waals surface area contributed by atoms with Crippen molar-refractivity contribution in [3.63, 3.8) is 0 Å². The number of nitrogens with one attached hydrogen (secondary N) is 1. The van der Waals surface area contributed by atoms with Crippen LogP contribution in [0.15, 0.2) is 53.7 Å². The third kappa shape index (κ3) is 2.03. The second-order valence-electron chi connectivity index (χ2n) is 5.11. The van der Waals surface area contributed by atoms with Gasteiger partial charge in [0.25, 0.3) is 5.91 Å². The van der Waals surface area contributed by atoms with Gasteiger partial charge >= 0.3 is 0 Å². The Hall–Kier alpha value is -2.47. The number of para-hydroxylation sites is 1. The van der Waals surface area contributed by atoms with Gasteiger partial charge in [-0.3, -0.25) is 9.00 Å². The summed E-state index contributed by atoms with van der Waals surface area (Å²) >= 11 is 0. The normalized spacial score (nSPS) is 17.5. The van der Waals surface area contributed by atoms with Crippen LogP contribution in [0.25, 0.3) is 11.0 Å². The van der Waals surface area contributed by atoms with Gasteiger partial charge in [0.1, 0.15) is 0 Å². The van der Waals surface area contributed by atoms with Crippen LogP contribution in [0.1, 0.15) is 10.4 Å². The topological polar surface area (TPSA) is 66.1 Å². The van der Waals surface area contributed by atoms with Crippen molar-refractivity contribution in [3.05, 3.63) is 54.4 Å². The van der Waals surface area contributed by atoms with Gasteiger partial charge in [0.05, 0.1) is 38.7 Å². The fourth-order valence-electron chi connectivity index (χ4n) is 2.71. The highest BCUT2D eigenvalue weighted by atomic mass is 32.2. The van der Waals surface area contributed by atoms with Gasteiger partial charge < -0.3 is 9.88 Å². The summed E-state index contributed by atoms with van der Waals surface area (Å²) in [5, 5.41) is 0. The molecule has 6 heteroatoms. The van der Waals surface area contributed by atoms with Crippen molar-refractivity contribution < 1.29 is 9.00 Å². The molecule has 1 aromatic heterocycles. The first-order chi connectivity index (χ1) is 10.7. The summed E-state index contributed by atoms with van der Waals surface area (Å²) in [6, 6.07) is 12.8. The highest BCUT2D eigenvalue weighted by Crippen LogP contribution is 2.29. The van der Waals surface area contributed by atoms with E-state index >= 15 is 0 Å². The lowest BCUT2D eigenvalue weighted by molar-refractivity contribution is 0.0987. The molecule has 1 amide bonds. The molecule has 1 atom stereocenters. The van der Waals surface area contributed by atoms with Crippen LogP contribution in [0.3, 0.4) is 0 Å². The van der Waals surface area contributed by atoms with Gasteiger partial charge in [0.2, 0.25) is 0 Å². The predicted molar refractivity (Wildman–Crippen MR) is 85.5 cm³/mol. The zero-order valence-corrected chi connectivity index (χ0v) is 12.5. The van der Waals surface area contributed by atoms with Crippen LogP contribution in [0.4, 0.5) is 5.69 Å². The molecule has 22 heavy (non-hydrogen) atoms. The van der Waals surface area contributed by atoms with E-state index in [-0.39, 0.29) is 5.91 Å². The molecule has 0 aliphatic carbocycles. The second kappa shape index (κ2) is 5.06. The lowest BCUT2D eigenvalue weighted by atomic mass is 10.1. The molecule has 1 aliphatic heterocycles. The lowest BCUT2D eigenvalue weighted by Gasteiger charge is -2.28. The average Bonchev–Trinajstić information content (AvgIpc) is 3.02. The third-order valence-corrected chi connectivity index (χ3v) is 5.20. The summed E-state index contributed by atoms with van der Waals surface area (Å²) in [4.78, 5) is 22.4. The molecule has 0 fully saturated rings. The van der Waals surface area contributed by atoms with Gasteiger partial charge in [0.15, 0.2) is 0 Å². The zero-order valence-electron chi connectivity index (χ0n) is 11.7. The Bertz CT molecular complexity index is 903. The lowest BCUT2D eigenvalue weighted by Crippen LogP contribution is -2.38. The monoisotopic (exact) mass is 311 g/mol. The van der Waals surface area contributed by atoms with E-state index in [1.165, 1.54) is 0 Å². The van der Waals surface area contributed by atoms with Crippen molar-refractivity contribution in [3.8, 4) is 0 Å². The number of anilines is 1. The first-order valence-electron chi connectivity index (χ1n) is 6.96. The van der Waals surface area contributed by atoms with E-state index in [1.807, 2.05) is 30.3 Å². The maximum absolute atomic E-state index is 12.8. The summed E-state index contributed by atoms with van der Waals surface area (Å²) in [5.41, 5.74) is 3.00. The van der Waals surface area contributed by atoms with E-state index < -0.39 is 10.8 Å². The number of hydrogen-bond acceptors (Lipinski definition) is 3. The Morgan fingerprint density at radius 2 is 2.09 bits per heavy atom. The standard InChI is InChI=1S/C16H13N3O2S/c20-16(11-5-6-12-13(9-11)18-10-17-12)19-7-8-22(21)15-4-2-1-3-14(15)19/h1-6,9-10H,7-8H2,(H,17,18). The Morgan fingerprint density at radius 3 is 3.00 bits per heavy atom. The van der Waals surface area contributed by atoms with Crippen LogP contribution >= 0.6 is 0 Å². The van der Waals surface area contributed by atoms with Gasteiger partial charge in [0, 0.05) is 17.9 Å². The molecule has 0 bridgehead atoms. The highest BCUT2D eigenvalue weighted by Gasteiger charge is 2.27. The minimum atomic E-state index is -1.03. The minimum Gasteiger partial charge on any atom is -0.345 e.